The molecule has 0 bridgehead atoms. The number of rotatable bonds is 5. The molecule has 1 aromatic heterocycles. The first-order chi connectivity index (χ1) is 7.54. The summed E-state index contributed by atoms with van der Waals surface area (Å²) in [6.45, 7) is -0.171. The van der Waals surface area contributed by atoms with Crippen LogP contribution in [0.4, 0.5) is 0 Å². The van der Waals surface area contributed by atoms with Gasteiger partial charge in [0.25, 0.3) is 0 Å². The number of hydrogen-bond acceptors (Lipinski definition) is 4. The normalized spacial score (nSPS) is 12.1. The molecule has 0 aromatic carbocycles. The molecule has 88 valence electrons. The van der Waals surface area contributed by atoms with Gasteiger partial charge in [0.1, 0.15) is 6.04 Å². The van der Waals surface area contributed by atoms with Crippen LogP contribution < -0.4 is 16.8 Å². The average molecular weight is 225 g/mol. The van der Waals surface area contributed by atoms with Crippen LogP contribution in [0.15, 0.2) is 12.5 Å². The van der Waals surface area contributed by atoms with Gasteiger partial charge in [0, 0.05) is 25.4 Å². The Balaban J connectivity index is 2.69. The van der Waals surface area contributed by atoms with Gasteiger partial charge in [-0.1, -0.05) is 0 Å². The van der Waals surface area contributed by atoms with Gasteiger partial charge in [0.2, 0.25) is 11.8 Å². The maximum atomic E-state index is 11.1. The van der Waals surface area contributed by atoms with Gasteiger partial charge in [-0.3, -0.25) is 9.59 Å². The van der Waals surface area contributed by atoms with Crippen LogP contribution in [0.1, 0.15) is 5.69 Å². The Morgan fingerprint density at radius 2 is 2.31 bits per heavy atom. The summed E-state index contributed by atoms with van der Waals surface area (Å²) >= 11 is 0. The quantitative estimate of drug-likeness (QED) is 0.531. The van der Waals surface area contributed by atoms with Gasteiger partial charge in [-0.15, -0.1) is 0 Å². The zero-order chi connectivity index (χ0) is 12.1. The lowest BCUT2D eigenvalue weighted by molar-refractivity contribution is -0.126. The van der Waals surface area contributed by atoms with Crippen molar-refractivity contribution in [2.75, 3.05) is 6.54 Å². The third-order valence-electron chi connectivity index (χ3n) is 2.19. The van der Waals surface area contributed by atoms with E-state index in [9.17, 15) is 9.59 Å². The van der Waals surface area contributed by atoms with Crippen LogP contribution in [0.5, 0.6) is 0 Å². The Morgan fingerprint density at radius 1 is 1.62 bits per heavy atom. The number of hydrogen-bond donors (Lipinski definition) is 3. The van der Waals surface area contributed by atoms with Crippen molar-refractivity contribution in [3.05, 3.63) is 18.2 Å². The predicted octanol–water partition coefficient (Wildman–Crippen LogP) is -2.11. The lowest BCUT2D eigenvalue weighted by Crippen LogP contribution is -2.48. The van der Waals surface area contributed by atoms with Crippen molar-refractivity contribution in [1.29, 1.82) is 0 Å². The molecule has 0 aliphatic heterocycles. The number of imidazole rings is 1. The summed E-state index contributed by atoms with van der Waals surface area (Å²) in [6.07, 6.45) is 3.53. The van der Waals surface area contributed by atoms with Crippen molar-refractivity contribution in [2.45, 2.75) is 12.5 Å². The molecule has 0 aliphatic rings. The van der Waals surface area contributed by atoms with E-state index in [1.807, 2.05) is 0 Å². The standard InChI is InChI=1S/C9H15N5O2/c1-14-5-12-4-6(14)2-7(9(11)16)13-8(15)3-10/h4-5,7H,2-3,10H2,1H3,(H2,11,16)(H,13,15)/t7-/m0/s1. The van der Waals surface area contributed by atoms with E-state index in [1.54, 1.807) is 24.1 Å². The molecule has 2 amide bonds. The third kappa shape index (κ3) is 3.06. The fraction of sp³-hybridized carbons (Fsp3) is 0.444. The summed E-state index contributed by atoms with van der Waals surface area (Å²) in [5.41, 5.74) is 11.1. The van der Waals surface area contributed by atoms with Crippen molar-refractivity contribution >= 4 is 11.8 Å². The Morgan fingerprint density at radius 3 is 2.75 bits per heavy atom. The molecule has 1 aromatic rings. The van der Waals surface area contributed by atoms with E-state index in [1.165, 1.54) is 0 Å². The van der Waals surface area contributed by atoms with Crippen LogP contribution in [-0.2, 0) is 23.1 Å². The number of nitrogens with zero attached hydrogens (tertiary/aromatic N) is 2. The Labute approximate surface area is 92.8 Å². The van der Waals surface area contributed by atoms with E-state index in [0.717, 1.165) is 5.69 Å². The van der Waals surface area contributed by atoms with E-state index in [-0.39, 0.29) is 6.54 Å². The second-order valence-electron chi connectivity index (χ2n) is 3.43. The van der Waals surface area contributed by atoms with Crippen LogP contribution in [0.3, 0.4) is 0 Å². The first kappa shape index (κ1) is 12.2. The monoisotopic (exact) mass is 225 g/mol. The second-order valence-corrected chi connectivity index (χ2v) is 3.43. The van der Waals surface area contributed by atoms with E-state index < -0.39 is 17.9 Å². The zero-order valence-corrected chi connectivity index (χ0v) is 9.01. The molecule has 0 aliphatic carbocycles. The number of nitrogens with two attached hydrogens (primary N) is 2. The fourth-order valence-corrected chi connectivity index (χ4v) is 1.27. The van der Waals surface area contributed by atoms with Gasteiger partial charge in [-0.2, -0.15) is 0 Å². The molecule has 0 saturated carbocycles. The predicted molar refractivity (Wildman–Crippen MR) is 57.1 cm³/mol. The Kier molecular flexibility index (Phi) is 4.01. The van der Waals surface area contributed by atoms with E-state index in [0.29, 0.717) is 6.42 Å². The highest BCUT2D eigenvalue weighted by Gasteiger charge is 2.19. The van der Waals surface area contributed by atoms with Crippen LogP contribution in [0.25, 0.3) is 0 Å². The van der Waals surface area contributed by atoms with Crippen molar-refractivity contribution in [3.8, 4) is 0 Å². The molecular formula is C9H15N5O2. The maximum absolute atomic E-state index is 11.1. The van der Waals surface area contributed by atoms with E-state index in [2.05, 4.69) is 10.3 Å². The highest BCUT2D eigenvalue weighted by atomic mass is 16.2. The minimum atomic E-state index is -0.758. The summed E-state index contributed by atoms with van der Waals surface area (Å²) in [7, 11) is 1.80. The van der Waals surface area contributed by atoms with Gasteiger partial charge in [0.15, 0.2) is 0 Å². The van der Waals surface area contributed by atoms with E-state index >= 15 is 0 Å². The molecule has 1 heterocycles. The van der Waals surface area contributed by atoms with Gasteiger partial charge >= 0.3 is 0 Å². The third-order valence-corrected chi connectivity index (χ3v) is 2.19. The number of carbonyl (C=O) groups excluding carboxylic acids is 2. The molecule has 0 unspecified atom stereocenters. The topological polar surface area (TPSA) is 116 Å². The van der Waals surface area contributed by atoms with Crippen LogP contribution >= 0.6 is 0 Å². The SMILES string of the molecule is Cn1cncc1C[C@H](NC(=O)CN)C(N)=O. The molecule has 1 atom stereocenters. The minimum Gasteiger partial charge on any atom is -0.368 e. The van der Waals surface area contributed by atoms with Gasteiger partial charge in [-0.25, -0.2) is 4.98 Å². The average Bonchev–Trinajstić information content (AvgIpc) is 2.63. The molecule has 16 heavy (non-hydrogen) atoms. The van der Waals surface area contributed by atoms with Gasteiger partial charge in [-0.05, 0) is 0 Å². The van der Waals surface area contributed by atoms with Crippen molar-refractivity contribution < 1.29 is 9.59 Å². The van der Waals surface area contributed by atoms with Crippen LogP contribution in [0.2, 0.25) is 0 Å². The Hall–Kier alpha value is -1.89. The molecule has 1 rings (SSSR count). The Bertz CT molecular complexity index is 387. The smallest absolute Gasteiger partial charge is 0.240 e. The van der Waals surface area contributed by atoms with Crippen LogP contribution in [0, 0.1) is 0 Å². The molecule has 7 heteroatoms. The molecule has 0 saturated heterocycles. The first-order valence-corrected chi connectivity index (χ1v) is 4.78. The molecule has 0 fully saturated rings. The molecular weight excluding hydrogens is 210 g/mol. The summed E-state index contributed by atoms with van der Waals surface area (Å²) < 4.78 is 1.75. The molecule has 5 N–H and O–H groups in total. The summed E-state index contributed by atoms with van der Waals surface area (Å²) in [4.78, 5) is 26.1. The number of amides is 2. The second kappa shape index (κ2) is 5.26. The highest BCUT2D eigenvalue weighted by molar-refractivity contribution is 5.87. The number of primary amides is 1. The fourth-order valence-electron chi connectivity index (χ4n) is 1.27. The van der Waals surface area contributed by atoms with Gasteiger partial charge in [0.05, 0.1) is 12.9 Å². The maximum Gasteiger partial charge on any atom is 0.240 e. The molecule has 0 radical (unpaired) electrons. The highest BCUT2D eigenvalue weighted by Crippen LogP contribution is 2.01. The summed E-state index contributed by atoms with van der Waals surface area (Å²) in [5, 5.41) is 2.45. The summed E-state index contributed by atoms with van der Waals surface area (Å²) in [6, 6.07) is -0.758. The van der Waals surface area contributed by atoms with Crippen molar-refractivity contribution in [1.82, 2.24) is 14.9 Å². The van der Waals surface area contributed by atoms with Crippen molar-refractivity contribution in [3.63, 3.8) is 0 Å². The number of aryl methyl sites for hydroxylation is 1. The number of carbonyl (C=O) groups is 2. The van der Waals surface area contributed by atoms with E-state index in [4.69, 9.17) is 11.5 Å². The number of nitrogens with one attached hydrogen (secondary N) is 1. The van der Waals surface area contributed by atoms with Crippen molar-refractivity contribution in [2.24, 2.45) is 18.5 Å². The lowest BCUT2D eigenvalue weighted by Gasteiger charge is -2.14. The number of aromatic nitrogens is 2. The lowest BCUT2D eigenvalue weighted by atomic mass is 10.1. The zero-order valence-electron chi connectivity index (χ0n) is 9.01. The summed E-state index contributed by atoms with van der Waals surface area (Å²) in [5.74, 6) is -1.01. The minimum absolute atomic E-state index is 0.171. The molecule has 7 nitrogen and oxygen atoms in total. The largest absolute Gasteiger partial charge is 0.368 e. The van der Waals surface area contributed by atoms with Gasteiger partial charge < -0.3 is 21.4 Å². The first-order valence-electron chi connectivity index (χ1n) is 4.78. The van der Waals surface area contributed by atoms with Crippen LogP contribution in [-0.4, -0.2) is 34.0 Å². The molecule has 0 spiro atoms.